The van der Waals surface area contributed by atoms with Gasteiger partial charge in [0.2, 0.25) is 0 Å². The predicted octanol–water partition coefficient (Wildman–Crippen LogP) is 17.0. The maximum absolute atomic E-state index is 2.54. The number of benzene rings is 11. The lowest BCUT2D eigenvalue weighted by Crippen LogP contribution is -2.33. The average molecular weight is 889 g/mol. The molecule has 326 valence electrons. The van der Waals surface area contributed by atoms with E-state index in [-0.39, 0.29) is 0 Å². The van der Waals surface area contributed by atoms with Crippen molar-refractivity contribution in [3.63, 3.8) is 0 Å². The quantitative estimate of drug-likeness (QED) is 0.161. The first kappa shape index (κ1) is 39.1. The van der Waals surface area contributed by atoms with Crippen LogP contribution in [-0.2, 0) is 10.8 Å². The third-order valence-corrected chi connectivity index (χ3v) is 15.9. The van der Waals surface area contributed by atoms with Crippen LogP contribution in [-0.4, -0.2) is 4.57 Å². The van der Waals surface area contributed by atoms with Crippen molar-refractivity contribution in [2.75, 3.05) is 4.90 Å². The van der Waals surface area contributed by atoms with Crippen LogP contribution in [0.4, 0.5) is 17.1 Å². The highest BCUT2D eigenvalue weighted by atomic mass is 15.1. The highest BCUT2D eigenvalue weighted by Gasteiger charge is 2.51. The zero-order valence-electron chi connectivity index (χ0n) is 38.3. The minimum Gasteiger partial charge on any atom is -0.310 e. The van der Waals surface area contributed by atoms with Crippen molar-refractivity contribution in [2.45, 2.75) is 10.8 Å². The van der Waals surface area contributed by atoms with Crippen molar-refractivity contribution in [3.05, 3.63) is 311 Å². The van der Waals surface area contributed by atoms with Crippen molar-refractivity contribution in [2.24, 2.45) is 0 Å². The van der Waals surface area contributed by atoms with Crippen LogP contribution in [0.5, 0.6) is 0 Å². The summed E-state index contributed by atoms with van der Waals surface area (Å²) in [5.41, 5.74) is 24.3. The van der Waals surface area contributed by atoms with Crippen LogP contribution in [0.1, 0.15) is 44.5 Å². The smallest absolute Gasteiger partial charge is 0.0754 e. The number of aromatic nitrogens is 1. The van der Waals surface area contributed by atoms with Gasteiger partial charge in [0, 0.05) is 27.8 Å². The molecule has 0 atom stereocenters. The molecule has 2 nitrogen and oxygen atoms in total. The molecule has 70 heavy (non-hydrogen) atoms. The largest absolute Gasteiger partial charge is 0.310 e. The molecular formula is C68H44N2. The Hall–Kier alpha value is -8.98. The highest BCUT2D eigenvalue weighted by molar-refractivity contribution is 6.14. The Labute approximate surface area is 407 Å². The van der Waals surface area contributed by atoms with E-state index in [1.54, 1.807) is 0 Å². The molecule has 11 aromatic carbocycles. The summed E-state index contributed by atoms with van der Waals surface area (Å²) < 4.78 is 2.54. The van der Waals surface area contributed by atoms with Crippen LogP contribution in [0.15, 0.2) is 267 Å². The molecule has 0 radical (unpaired) electrons. The van der Waals surface area contributed by atoms with Crippen molar-refractivity contribution in [1.82, 2.24) is 4.57 Å². The van der Waals surface area contributed by atoms with Gasteiger partial charge in [0.05, 0.1) is 27.6 Å². The lowest BCUT2D eigenvalue weighted by molar-refractivity contribution is 0.748. The van der Waals surface area contributed by atoms with Gasteiger partial charge >= 0.3 is 0 Å². The third kappa shape index (κ3) is 5.12. The second-order valence-electron chi connectivity index (χ2n) is 19.1. The molecule has 15 rings (SSSR count). The first-order valence-corrected chi connectivity index (χ1v) is 24.4. The Morgan fingerprint density at radius 1 is 0.286 bits per heavy atom. The number of hydrogen-bond acceptors (Lipinski definition) is 1. The molecule has 0 amide bonds. The Balaban J connectivity index is 0.868. The fourth-order valence-electron chi connectivity index (χ4n) is 13.2. The van der Waals surface area contributed by atoms with E-state index in [0.717, 1.165) is 17.1 Å². The topological polar surface area (TPSA) is 8.17 Å². The van der Waals surface area contributed by atoms with E-state index < -0.39 is 10.8 Å². The fourth-order valence-corrected chi connectivity index (χ4v) is 13.2. The van der Waals surface area contributed by atoms with E-state index in [9.17, 15) is 0 Å². The van der Waals surface area contributed by atoms with E-state index in [1.165, 1.54) is 105 Å². The van der Waals surface area contributed by atoms with Crippen LogP contribution in [0, 0.1) is 0 Å². The Morgan fingerprint density at radius 3 is 1.43 bits per heavy atom. The molecule has 0 fully saturated rings. The second-order valence-corrected chi connectivity index (χ2v) is 19.1. The lowest BCUT2D eigenvalue weighted by Gasteiger charge is -2.39. The number of fused-ring (bicyclic) bond motifs is 15. The zero-order valence-corrected chi connectivity index (χ0v) is 38.3. The van der Waals surface area contributed by atoms with Gasteiger partial charge in [-0.15, -0.1) is 0 Å². The van der Waals surface area contributed by atoms with E-state index in [1.807, 2.05) is 0 Å². The third-order valence-electron chi connectivity index (χ3n) is 15.9. The van der Waals surface area contributed by atoms with E-state index >= 15 is 0 Å². The van der Waals surface area contributed by atoms with Crippen LogP contribution < -0.4 is 4.90 Å². The molecule has 1 aromatic heterocycles. The molecule has 0 N–H and O–H groups in total. The number of para-hydroxylation sites is 3. The standard InChI is InChI=1S/C68H44N2/c1-4-19-47(20-5-1)67(48-21-6-2-7-22-48)58-29-13-12-27-54(58)56-44-51(40-41-61(56)67)69(49-23-8-3-9-24-49)50-38-35-45(36-39-50)46-37-42-64-57(43-46)55-28-18-33-63-66(55)70(64)65-34-17-16-32-62(65)68(63)59-30-14-10-25-52(59)53-26-11-15-31-60(53)68/h1-44H. The lowest BCUT2D eigenvalue weighted by atomic mass is 9.65. The van der Waals surface area contributed by atoms with Gasteiger partial charge in [-0.2, -0.15) is 0 Å². The van der Waals surface area contributed by atoms with Crippen LogP contribution in [0.25, 0.3) is 60.9 Å². The predicted molar refractivity (Wildman–Crippen MR) is 289 cm³/mol. The second kappa shape index (κ2) is 14.8. The van der Waals surface area contributed by atoms with Gasteiger partial charge in [0.15, 0.2) is 0 Å². The maximum atomic E-state index is 2.54. The molecule has 0 unspecified atom stereocenters. The summed E-state index contributed by atoms with van der Waals surface area (Å²) >= 11 is 0. The number of anilines is 3. The summed E-state index contributed by atoms with van der Waals surface area (Å²) in [6.45, 7) is 0. The highest BCUT2D eigenvalue weighted by Crippen LogP contribution is 2.61. The average Bonchev–Trinajstić information content (AvgIpc) is 4.05. The van der Waals surface area contributed by atoms with Crippen LogP contribution in [0.3, 0.4) is 0 Å². The van der Waals surface area contributed by atoms with E-state index in [2.05, 4.69) is 276 Å². The zero-order chi connectivity index (χ0) is 46.0. The van der Waals surface area contributed by atoms with Gasteiger partial charge < -0.3 is 9.47 Å². The molecule has 0 saturated heterocycles. The molecule has 2 heteroatoms. The summed E-state index contributed by atoms with van der Waals surface area (Å²) in [6, 6.07) is 99.4. The molecule has 0 saturated carbocycles. The monoisotopic (exact) mass is 888 g/mol. The minimum atomic E-state index is -0.447. The van der Waals surface area contributed by atoms with Gasteiger partial charge in [-0.1, -0.05) is 212 Å². The van der Waals surface area contributed by atoms with Crippen LogP contribution in [0.2, 0.25) is 0 Å². The van der Waals surface area contributed by atoms with Crippen LogP contribution >= 0.6 is 0 Å². The SMILES string of the molecule is c1ccc(N(c2ccc(-c3ccc4c(c3)c3cccc5c3n4-c3ccccc3C53c4ccccc4-c4ccccc43)cc2)c2ccc3c(c2)-c2ccccc2C3(c2ccccc2)c2ccccc2)cc1. The van der Waals surface area contributed by atoms with Gasteiger partial charge in [0.1, 0.15) is 0 Å². The van der Waals surface area contributed by atoms with Gasteiger partial charge in [-0.05, 0) is 132 Å². The van der Waals surface area contributed by atoms with Gasteiger partial charge in [-0.25, -0.2) is 0 Å². The summed E-state index contributed by atoms with van der Waals surface area (Å²) in [7, 11) is 0. The Kier molecular flexibility index (Phi) is 8.24. The first-order valence-electron chi connectivity index (χ1n) is 24.4. The molecular weight excluding hydrogens is 845 g/mol. The number of rotatable bonds is 6. The van der Waals surface area contributed by atoms with Gasteiger partial charge in [0.25, 0.3) is 0 Å². The van der Waals surface area contributed by atoms with Crippen molar-refractivity contribution in [3.8, 4) is 39.1 Å². The normalized spacial score (nSPS) is 13.9. The summed E-state index contributed by atoms with van der Waals surface area (Å²) in [5.74, 6) is 0. The molecule has 2 heterocycles. The molecule has 1 aliphatic heterocycles. The first-order chi connectivity index (χ1) is 34.7. The van der Waals surface area contributed by atoms with E-state index in [4.69, 9.17) is 0 Å². The summed E-state index contributed by atoms with van der Waals surface area (Å²) in [5, 5.41) is 2.54. The maximum Gasteiger partial charge on any atom is 0.0754 e. The Bertz CT molecular complexity index is 3970. The fraction of sp³-hybridized carbons (Fsp3) is 0.0294. The summed E-state index contributed by atoms with van der Waals surface area (Å²) in [4.78, 5) is 2.40. The Morgan fingerprint density at radius 2 is 0.771 bits per heavy atom. The minimum absolute atomic E-state index is 0.425. The number of nitrogens with zero attached hydrogens (tertiary/aromatic N) is 2. The molecule has 12 aromatic rings. The van der Waals surface area contributed by atoms with Crippen molar-refractivity contribution < 1.29 is 0 Å². The molecule has 1 spiro atoms. The number of hydrogen-bond donors (Lipinski definition) is 0. The molecule has 0 bridgehead atoms. The molecule has 3 aliphatic rings. The van der Waals surface area contributed by atoms with E-state index in [0.29, 0.717) is 0 Å². The van der Waals surface area contributed by atoms with Crippen molar-refractivity contribution >= 4 is 38.9 Å². The summed E-state index contributed by atoms with van der Waals surface area (Å²) in [6.07, 6.45) is 0. The van der Waals surface area contributed by atoms with Gasteiger partial charge in [-0.3, -0.25) is 0 Å². The molecule has 2 aliphatic carbocycles. The van der Waals surface area contributed by atoms with Crippen molar-refractivity contribution in [1.29, 1.82) is 0 Å².